The first-order valence-corrected chi connectivity index (χ1v) is 5.02. The van der Waals surface area contributed by atoms with E-state index in [-0.39, 0.29) is 18.3 Å². The van der Waals surface area contributed by atoms with Crippen LogP contribution < -0.4 is 4.90 Å². The highest BCUT2D eigenvalue weighted by Gasteiger charge is 2.13. The molecule has 15 heavy (non-hydrogen) atoms. The monoisotopic (exact) mass is 269 g/mol. The fourth-order valence-corrected chi connectivity index (χ4v) is 1.72. The molecule has 1 aromatic carbocycles. The van der Waals surface area contributed by atoms with Gasteiger partial charge in [0.1, 0.15) is 5.82 Å². The molecule has 0 N–H and O–H groups in total. The third-order valence-corrected chi connectivity index (χ3v) is 2.47. The zero-order valence-electron chi connectivity index (χ0n) is 8.13. The molecule has 1 aromatic rings. The number of anilines is 1. The van der Waals surface area contributed by atoms with Gasteiger partial charge in [0, 0.05) is 11.4 Å². The summed E-state index contributed by atoms with van der Waals surface area (Å²) in [5, 5.41) is 0. The number of nitrogens with zero attached hydrogens (tertiary/aromatic N) is 1. The minimum atomic E-state index is -0.366. The van der Waals surface area contributed by atoms with E-state index in [1.807, 2.05) is 0 Å². The van der Waals surface area contributed by atoms with Gasteiger partial charge in [-0.2, -0.15) is 0 Å². The smallest absolute Gasteiger partial charge is 0.224 e. The van der Waals surface area contributed by atoms with Crippen LogP contribution in [0.5, 0.6) is 0 Å². The maximum atomic E-state index is 12.8. The van der Waals surface area contributed by atoms with Crippen LogP contribution >= 0.6 is 15.9 Å². The molecule has 0 saturated heterocycles. The summed E-state index contributed by atoms with van der Waals surface area (Å²) in [5.41, 5.74) is 0.571. The van der Waals surface area contributed by atoms with Gasteiger partial charge in [0.25, 0.3) is 0 Å². The number of hydrogen-bond acceptors (Lipinski definition) is 1. The number of carbonyl (C=O) groups excluding carboxylic acids is 1. The van der Waals surface area contributed by atoms with Crippen LogP contribution in [0.25, 0.3) is 0 Å². The molecule has 0 aromatic heterocycles. The molecule has 0 aliphatic rings. The summed E-state index contributed by atoms with van der Waals surface area (Å²) in [6.07, 6.45) is 5.15. The molecular weight excluding hydrogens is 261 g/mol. The second-order valence-corrected chi connectivity index (χ2v) is 3.76. The Labute approximate surface area is 96.2 Å². The highest BCUT2D eigenvalue weighted by Crippen LogP contribution is 2.26. The zero-order valence-corrected chi connectivity index (χ0v) is 9.71. The Balaban J connectivity index is 3.12. The fraction of sp³-hybridized carbons (Fsp3) is 0.182. The van der Waals surface area contributed by atoms with Crippen LogP contribution in [0.15, 0.2) is 22.7 Å². The molecule has 0 atom stereocenters. The van der Waals surface area contributed by atoms with E-state index in [0.717, 1.165) is 0 Å². The molecule has 0 unspecified atom stereocenters. The van der Waals surface area contributed by atoms with E-state index in [0.29, 0.717) is 10.2 Å². The van der Waals surface area contributed by atoms with Crippen molar-refractivity contribution in [1.82, 2.24) is 0 Å². The van der Waals surface area contributed by atoms with Crippen LogP contribution in [0, 0.1) is 18.2 Å². The van der Waals surface area contributed by atoms with Gasteiger partial charge in [-0.1, -0.05) is 5.92 Å². The van der Waals surface area contributed by atoms with E-state index >= 15 is 0 Å². The van der Waals surface area contributed by atoms with Gasteiger partial charge in [0.2, 0.25) is 5.91 Å². The molecule has 2 nitrogen and oxygen atoms in total. The number of halogens is 2. The summed E-state index contributed by atoms with van der Waals surface area (Å²) >= 11 is 3.18. The molecule has 1 amide bonds. The van der Waals surface area contributed by atoms with Crippen LogP contribution in [0.4, 0.5) is 10.1 Å². The summed E-state index contributed by atoms with van der Waals surface area (Å²) in [4.78, 5) is 12.7. The van der Waals surface area contributed by atoms with Crippen LogP contribution in [0.1, 0.15) is 6.92 Å². The molecule has 0 saturated carbocycles. The topological polar surface area (TPSA) is 20.3 Å². The van der Waals surface area contributed by atoms with E-state index in [4.69, 9.17) is 6.42 Å². The second kappa shape index (κ2) is 4.94. The maximum Gasteiger partial charge on any atom is 0.224 e. The maximum absolute atomic E-state index is 12.8. The van der Waals surface area contributed by atoms with Crippen molar-refractivity contribution in [3.63, 3.8) is 0 Å². The Morgan fingerprint density at radius 3 is 2.80 bits per heavy atom. The summed E-state index contributed by atoms with van der Waals surface area (Å²) in [7, 11) is 0. The van der Waals surface area contributed by atoms with Crippen molar-refractivity contribution >= 4 is 27.5 Å². The lowest BCUT2D eigenvalue weighted by atomic mass is 10.2. The van der Waals surface area contributed by atoms with Crippen LogP contribution in [-0.4, -0.2) is 12.5 Å². The minimum absolute atomic E-state index is 0.166. The predicted octanol–water partition coefficient (Wildman–Crippen LogP) is 2.57. The first-order chi connectivity index (χ1) is 7.06. The average molecular weight is 270 g/mol. The standard InChI is InChI=1S/C11H9BrFNO/c1-3-6-14(8(2)15)11-5-4-9(13)7-10(11)12/h1,4-5,7H,6H2,2H3. The van der Waals surface area contributed by atoms with Crippen molar-refractivity contribution in [1.29, 1.82) is 0 Å². The van der Waals surface area contributed by atoms with E-state index in [1.54, 1.807) is 0 Å². The molecular formula is C11H9BrFNO. The number of terminal acetylenes is 1. The fourth-order valence-electron chi connectivity index (χ4n) is 1.16. The Morgan fingerprint density at radius 2 is 2.33 bits per heavy atom. The SMILES string of the molecule is C#CCN(C(C)=O)c1ccc(F)cc1Br. The van der Waals surface area contributed by atoms with Gasteiger partial charge in [0.15, 0.2) is 0 Å². The van der Waals surface area contributed by atoms with Gasteiger partial charge in [-0.15, -0.1) is 6.42 Å². The lowest BCUT2D eigenvalue weighted by molar-refractivity contribution is -0.116. The Morgan fingerprint density at radius 1 is 1.67 bits per heavy atom. The molecule has 0 heterocycles. The largest absolute Gasteiger partial charge is 0.300 e. The number of benzene rings is 1. The van der Waals surface area contributed by atoms with Crippen molar-refractivity contribution in [2.24, 2.45) is 0 Å². The summed E-state index contributed by atoms with van der Waals surface area (Å²) in [6, 6.07) is 4.09. The second-order valence-electron chi connectivity index (χ2n) is 2.91. The van der Waals surface area contributed by atoms with E-state index in [9.17, 15) is 9.18 Å². The van der Waals surface area contributed by atoms with Gasteiger partial charge in [0.05, 0.1) is 12.2 Å². The summed E-state index contributed by atoms with van der Waals surface area (Å²) < 4.78 is 13.3. The molecule has 1 rings (SSSR count). The van der Waals surface area contributed by atoms with Crippen LogP contribution in [0.3, 0.4) is 0 Å². The predicted molar refractivity (Wildman–Crippen MR) is 61.0 cm³/mol. The molecule has 0 spiro atoms. The third kappa shape index (κ3) is 2.80. The quantitative estimate of drug-likeness (QED) is 0.756. The van der Waals surface area contributed by atoms with Gasteiger partial charge >= 0.3 is 0 Å². The van der Waals surface area contributed by atoms with E-state index < -0.39 is 0 Å². The molecule has 0 aliphatic heterocycles. The number of hydrogen-bond donors (Lipinski definition) is 0. The molecule has 0 aliphatic carbocycles. The highest BCUT2D eigenvalue weighted by atomic mass is 79.9. The lowest BCUT2D eigenvalue weighted by Crippen LogP contribution is -2.29. The molecule has 4 heteroatoms. The zero-order chi connectivity index (χ0) is 11.4. The number of amides is 1. The van der Waals surface area contributed by atoms with Crippen molar-refractivity contribution in [2.45, 2.75) is 6.92 Å². The van der Waals surface area contributed by atoms with Gasteiger partial charge < -0.3 is 0 Å². The van der Waals surface area contributed by atoms with Gasteiger partial charge in [-0.05, 0) is 34.1 Å². The first kappa shape index (κ1) is 11.7. The average Bonchev–Trinajstić information content (AvgIpc) is 2.15. The lowest BCUT2D eigenvalue weighted by Gasteiger charge is -2.19. The number of rotatable bonds is 2. The van der Waals surface area contributed by atoms with Crippen molar-refractivity contribution in [3.05, 3.63) is 28.5 Å². The molecule has 0 radical (unpaired) electrons. The van der Waals surface area contributed by atoms with Gasteiger partial charge in [-0.3, -0.25) is 9.69 Å². The summed E-state index contributed by atoms with van der Waals surface area (Å²) in [5.74, 6) is 1.83. The molecule has 0 fully saturated rings. The van der Waals surface area contributed by atoms with E-state index in [1.165, 1.54) is 30.0 Å². The van der Waals surface area contributed by atoms with E-state index in [2.05, 4.69) is 21.9 Å². The van der Waals surface area contributed by atoms with Gasteiger partial charge in [-0.25, -0.2) is 4.39 Å². The first-order valence-electron chi connectivity index (χ1n) is 4.23. The highest BCUT2D eigenvalue weighted by molar-refractivity contribution is 9.10. The number of carbonyl (C=O) groups is 1. The van der Waals surface area contributed by atoms with Crippen molar-refractivity contribution in [3.8, 4) is 12.3 Å². The third-order valence-electron chi connectivity index (χ3n) is 1.83. The minimum Gasteiger partial charge on any atom is -0.300 e. The normalized spacial score (nSPS) is 9.47. The van der Waals surface area contributed by atoms with Crippen LogP contribution in [0.2, 0.25) is 0 Å². The Bertz CT molecular complexity index is 425. The van der Waals surface area contributed by atoms with Crippen LogP contribution in [-0.2, 0) is 4.79 Å². The molecule has 0 bridgehead atoms. The Kier molecular flexibility index (Phi) is 3.87. The Hall–Kier alpha value is -1.34. The summed E-state index contributed by atoms with van der Waals surface area (Å²) in [6.45, 7) is 1.58. The van der Waals surface area contributed by atoms with Crippen molar-refractivity contribution < 1.29 is 9.18 Å². The molecule has 78 valence electrons. The van der Waals surface area contributed by atoms with Crippen molar-refractivity contribution in [2.75, 3.05) is 11.4 Å².